The van der Waals surface area contributed by atoms with Gasteiger partial charge in [-0.25, -0.2) is 0 Å². The summed E-state index contributed by atoms with van der Waals surface area (Å²) in [6, 6.07) is 6.80. The summed E-state index contributed by atoms with van der Waals surface area (Å²) in [5.74, 6) is 0.431. The van der Waals surface area contributed by atoms with Gasteiger partial charge in [-0.2, -0.15) is 0 Å². The summed E-state index contributed by atoms with van der Waals surface area (Å²) in [5.41, 5.74) is 2.98. The Labute approximate surface area is 107 Å². The molecule has 0 amide bonds. The number of benzene rings is 1. The van der Waals surface area contributed by atoms with Gasteiger partial charge in [0.15, 0.2) is 0 Å². The molecule has 1 heteroatoms. The molecule has 0 saturated carbocycles. The van der Waals surface area contributed by atoms with Gasteiger partial charge in [-0.3, -0.25) is 0 Å². The zero-order chi connectivity index (χ0) is 11.6. The highest BCUT2D eigenvalue weighted by Gasteiger charge is 2.15. The van der Waals surface area contributed by atoms with Gasteiger partial charge in [0.2, 0.25) is 0 Å². The minimum Gasteiger partial charge on any atom is -0.102 e. The van der Waals surface area contributed by atoms with Gasteiger partial charge < -0.3 is 0 Å². The Hall–Kier alpha value is -0.310. The zero-order valence-electron chi connectivity index (χ0n) is 9.97. The minimum absolute atomic E-state index is 0.219. The van der Waals surface area contributed by atoms with Crippen molar-refractivity contribution in [3.63, 3.8) is 0 Å². The first-order valence-corrected chi connectivity index (χ1v) is 6.36. The molecule has 0 aliphatic rings. The van der Waals surface area contributed by atoms with E-state index in [4.69, 9.17) is 0 Å². The van der Waals surface area contributed by atoms with Gasteiger partial charge in [0.1, 0.15) is 0 Å². The van der Waals surface area contributed by atoms with Crippen molar-refractivity contribution in [2.24, 2.45) is 0 Å². The Kier molecular flexibility index (Phi) is 3.99. The van der Waals surface area contributed by atoms with E-state index in [2.05, 4.69) is 75.1 Å². The van der Waals surface area contributed by atoms with Crippen molar-refractivity contribution in [3.8, 4) is 0 Å². The van der Waals surface area contributed by atoms with Crippen LogP contribution in [0.25, 0.3) is 0 Å². The number of hydrogen-bond donors (Lipinski definition) is 0. The summed E-state index contributed by atoms with van der Waals surface area (Å²) in [5, 5.41) is 0. The maximum atomic E-state index is 3.86. The van der Waals surface area contributed by atoms with Crippen molar-refractivity contribution < 1.29 is 0 Å². The molecule has 0 aliphatic carbocycles. The van der Waals surface area contributed by atoms with Crippen molar-refractivity contribution >= 4 is 22.6 Å². The quantitative estimate of drug-likeness (QED) is 0.539. The van der Waals surface area contributed by atoms with E-state index in [1.807, 2.05) is 6.08 Å². The average Bonchev–Trinajstić information content (AvgIpc) is 2.14. The molecule has 82 valence electrons. The molecule has 0 bridgehead atoms. The van der Waals surface area contributed by atoms with Gasteiger partial charge in [-0.05, 0) is 57.2 Å². The Morgan fingerprint density at radius 1 is 1.27 bits per heavy atom. The van der Waals surface area contributed by atoms with Gasteiger partial charge in [-0.15, -0.1) is 6.58 Å². The second-order valence-corrected chi connectivity index (χ2v) is 6.29. The first kappa shape index (κ1) is 12.8. The summed E-state index contributed by atoms with van der Waals surface area (Å²) < 4.78 is 1.31. The van der Waals surface area contributed by atoms with Gasteiger partial charge >= 0.3 is 0 Å². The Balaban J connectivity index is 3.22. The maximum absolute atomic E-state index is 3.86. The van der Waals surface area contributed by atoms with Crippen molar-refractivity contribution in [2.75, 3.05) is 0 Å². The molecule has 0 heterocycles. The molecule has 0 saturated heterocycles. The minimum atomic E-state index is 0.219. The molecular weight excluding hydrogens is 295 g/mol. The van der Waals surface area contributed by atoms with E-state index in [1.165, 1.54) is 14.7 Å². The number of rotatable bonds is 2. The fourth-order valence-electron chi connectivity index (χ4n) is 1.44. The highest BCUT2D eigenvalue weighted by molar-refractivity contribution is 14.1. The molecule has 0 aliphatic heterocycles. The van der Waals surface area contributed by atoms with E-state index in [0.717, 1.165) is 0 Å². The summed E-state index contributed by atoms with van der Waals surface area (Å²) in [6.45, 7) is 12.8. The molecule has 1 rings (SSSR count). The summed E-state index contributed by atoms with van der Waals surface area (Å²) in [4.78, 5) is 0. The number of allylic oxidation sites excluding steroid dienone is 1. The van der Waals surface area contributed by atoms with Crippen LogP contribution in [0.4, 0.5) is 0 Å². The van der Waals surface area contributed by atoms with Crippen LogP contribution in [0.1, 0.15) is 44.7 Å². The van der Waals surface area contributed by atoms with Crippen LogP contribution >= 0.6 is 22.6 Å². The molecule has 15 heavy (non-hydrogen) atoms. The average molecular weight is 314 g/mol. The summed E-state index contributed by atoms with van der Waals surface area (Å²) in [6.07, 6.45) is 2.00. The largest absolute Gasteiger partial charge is 0.102 e. The molecule has 1 unspecified atom stereocenters. The predicted octanol–water partition coefficient (Wildman–Crippen LogP) is 4.88. The molecule has 0 fully saturated rings. The van der Waals surface area contributed by atoms with Crippen LogP contribution in [0.5, 0.6) is 0 Å². The van der Waals surface area contributed by atoms with Gasteiger partial charge in [-0.1, -0.05) is 39.8 Å². The third kappa shape index (κ3) is 3.33. The molecule has 0 radical (unpaired) electrons. The standard InChI is InChI=1S/C14H19I/c1-6-10(2)11-7-12(14(3,4)5)9-13(15)8-11/h6-10H,1H2,2-5H3. The van der Waals surface area contributed by atoms with E-state index in [1.54, 1.807) is 0 Å². The molecule has 1 atom stereocenters. The fraction of sp³-hybridized carbons (Fsp3) is 0.429. The first-order chi connectivity index (χ1) is 6.84. The lowest BCUT2D eigenvalue weighted by Crippen LogP contribution is -2.12. The van der Waals surface area contributed by atoms with E-state index in [-0.39, 0.29) is 5.41 Å². The second-order valence-electron chi connectivity index (χ2n) is 5.05. The molecule has 1 aromatic carbocycles. The van der Waals surface area contributed by atoms with Crippen LogP contribution in [-0.4, -0.2) is 0 Å². The lowest BCUT2D eigenvalue weighted by Gasteiger charge is -2.21. The lowest BCUT2D eigenvalue weighted by molar-refractivity contribution is 0.588. The maximum Gasteiger partial charge on any atom is 0.0136 e. The lowest BCUT2D eigenvalue weighted by atomic mass is 9.85. The van der Waals surface area contributed by atoms with E-state index in [0.29, 0.717) is 5.92 Å². The topological polar surface area (TPSA) is 0 Å². The zero-order valence-corrected chi connectivity index (χ0v) is 12.1. The smallest absolute Gasteiger partial charge is 0.0136 e. The van der Waals surface area contributed by atoms with Crippen molar-refractivity contribution in [2.45, 2.75) is 39.0 Å². The third-order valence-electron chi connectivity index (χ3n) is 2.67. The van der Waals surface area contributed by atoms with Crippen molar-refractivity contribution in [3.05, 3.63) is 45.6 Å². The fourth-order valence-corrected chi connectivity index (χ4v) is 2.14. The van der Waals surface area contributed by atoms with Crippen molar-refractivity contribution in [1.82, 2.24) is 0 Å². The summed E-state index contributed by atoms with van der Waals surface area (Å²) in [7, 11) is 0. The van der Waals surface area contributed by atoms with Crippen LogP contribution in [0.15, 0.2) is 30.9 Å². The molecule has 0 aromatic heterocycles. The monoisotopic (exact) mass is 314 g/mol. The van der Waals surface area contributed by atoms with Crippen LogP contribution in [0.3, 0.4) is 0 Å². The first-order valence-electron chi connectivity index (χ1n) is 5.28. The normalized spacial score (nSPS) is 13.7. The van der Waals surface area contributed by atoms with Gasteiger partial charge in [0.05, 0.1) is 0 Å². The second kappa shape index (κ2) is 4.69. The SMILES string of the molecule is C=CC(C)c1cc(I)cc(C(C)(C)C)c1. The Bertz CT molecular complexity index is 358. The van der Waals surface area contributed by atoms with E-state index in [9.17, 15) is 0 Å². The van der Waals surface area contributed by atoms with Gasteiger partial charge in [0.25, 0.3) is 0 Å². The molecule has 0 nitrogen and oxygen atoms in total. The van der Waals surface area contributed by atoms with Gasteiger partial charge in [0, 0.05) is 3.57 Å². The highest BCUT2D eigenvalue weighted by atomic mass is 127. The number of halogens is 1. The predicted molar refractivity (Wildman–Crippen MR) is 76.5 cm³/mol. The summed E-state index contributed by atoms with van der Waals surface area (Å²) >= 11 is 2.39. The van der Waals surface area contributed by atoms with E-state index < -0.39 is 0 Å². The highest BCUT2D eigenvalue weighted by Crippen LogP contribution is 2.28. The van der Waals surface area contributed by atoms with E-state index >= 15 is 0 Å². The molecule has 1 aromatic rings. The Morgan fingerprint density at radius 3 is 2.33 bits per heavy atom. The van der Waals surface area contributed by atoms with Crippen LogP contribution in [0.2, 0.25) is 0 Å². The Morgan fingerprint density at radius 2 is 1.87 bits per heavy atom. The molecular formula is C14H19I. The number of hydrogen-bond acceptors (Lipinski definition) is 0. The third-order valence-corrected chi connectivity index (χ3v) is 3.29. The van der Waals surface area contributed by atoms with Crippen LogP contribution in [0, 0.1) is 3.57 Å². The van der Waals surface area contributed by atoms with Crippen molar-refractivity contribution in [1.29, 1.82) is 0 Å². The van der Waals surface area contributed by atoms with Crippen LogP contribution < -0.4 is 0 Å². The van der Waals surface area contributed by atoms with Crippen LogP contribution in [-0.2, 0) is 5.41 Å². The molecule has 0 N–H and O–H groups in total. The molecule has 0 spiro atoms.